The third-order valence-corrected chi connectivity index (χ3v) is 3.73. The fourth-order valence-corrected chi connectivity index (χ4v) is 2.55. The summed E-state index contributed by atoms with van der Waals surface area (Å²) in [6, 6.07) is 3.91. The molecule has 1 heterocycles. The first-order chi connectivity index (χ1) is 8.73. The Kier molecular flexibility index (Phi) is 4.45. The molecule has 0 radical (unpaired) electrons. The lowest BCUT2D eigenvalue weighted by Crippen LogP contribution is -2.23. The van der Waals surface area contributed by atoms with Gasteiger partial charge >= 0.3 is 0 Å². The van der Waals surface area contributed by atoms with E-state index in [4.69, 9.17) is 4.74 Å². The highest BCUT2D eigenvalue weighted by Crippen LogP contribution is 2.37. The van der Waals surface area contributed by atoms with Crippen molar-refractivity contribution in [3.05, 3.63) is 18.3 Å². The van der Waals surface area contributed by atoms with Crippen molar-refractivity contribution < 1.29 is 4.74 Å². The Balaban J connectivity index is 1.95. The van der Waals surface area contributed by atoms with Gasteiger partial charge in [0.15, 0.2) is 11.6 Å². The lowest BCUT2D eigenvalue weighted by atomic mass is 9.89. The molecule has 0 aromatic carbocycles. The molecule has 0 bridgehead atoms. The maximum atomic E-state index is 5.71. The average Bonchev–Trinajstić information content (AvgIpc) is 2.82. The van der Waals surface area contributed by atoms with Crippen LogP contribution < -0.4 is 10.1 Å². The molecule has 0 unspecified atom stereocenters. The first-order valence-electron chi connectivity index (χ1n) is 7.05. The Morgan fingerprint density at radius 2 is 2.17 bits per heavy atom. The summed E-state index contributed by atoms with van der Waals surface area (Å²) in [5, 5.41) is 3.47. The van der Waals surface area contributed by atoms with Crippen LogP contribution in [0.5, 0.6) is 5.75 Å². The molecule has 18 heavy (non-hydrogen) atoms. The summed E-state index contributed by atoms with van der Waals surface area (Å²) in [5.41, 5.74) is 0.430. The number of ether oxygens (including phenoxy) is 1. The molecule has 3 heteroatoms. The van der Waals surface area contributed by atoms with Gasteiger partial charge in [-0.05, 0) is 36.8 Å². The monoisotopic (exact) mass is 248 g/mol. The van der Waals surface area contributed by atoms with Crippen LogP contribution in [-0.2, 0) is 0 Å². The van der Waals surface area contributed by atoms with Crippen LogP contribution in [0.25, 0.3) is 0 Å². The van der Waals surface area contributed by atoms with Crippen LogP contribution in [0, 0.1) is 5.41 Å². The molecule has 1 N–H and O–H groups in total. The Morgan fingerprint density at radius 1 is 1.39 bits per heavy atom. The van der Waals surface area contributed by atoms with Gasteiger partial charge in [-0.15, -0.1) is 0 Å². The molecule has 0 saturated heterocycles. The molecule has 1 aliphatic rings. The van der Waals surface area contributed by atoms with Crippen LogP contribution in [0.3, 0.4) is 0 Å². The molecule has 0 spiro atoms. The maximum absolute atomic E-state index is 5.71. The van der Waals surface area contributed by atoms with Gasteiger partial charge < -0.3 is 10.1 Å². The van der Waals surface area contributed by atoms with Gasteiger partial charge in [-0.25, -0.2) is 4.98 Å². The van der Waals surface area contributed by atoms with Gasteiger partial charge in [0.2, 0.25) is 0 Å². The van der Waals surface area contributed by atoms with E-state index in [1.54, 1.807) is 0 Å². The van der Waals surface area contributed by atoms with E-state index in [2.05, 4.69) is 24.1 Å². The van der Waals surface area contributed by atoms with Crippen molar-refractivity contribution in [3.63, 3.8) is 0 Å². The normalized spacial score (nSPS) is 17.7. The minimum atomic E-state index is 0.430. The number of hydrogen-bond donors (Lipinski definition) is 1. The van der Waals surface area contributed by atoms with Crippen molar-refractivity contribution in [1.82, 2.24) is 4.98 Å². The first-order valence-corrected chi connectivity index (χ1v) is 7.05. The molecule has 0 amide bonds. The molecule has 100 valence electrons. The summed E-state index contributed by atoms with van der Waals surface area (Å²) >= 11 is 0. The molecule has 1 aromatic heterocycles. The number of hydrogen-bond acceptors (Lipinski definition) is 3. The van der Waals surface area contributed by atoms with Crippen molar-refractivity contribution in [1.29, 1.82) is 0 Å². The largest absolute Gasteiger partial charge is 0.490 e. The maximum Gasteiger partial charge on any atom is 0.168 e. The number of nitrogens with zero attached hydrogens (tertiary/aromatic N) is 1. The quantitative estimate of drug-likeness (QED) is 0.830. The van der Waals surface area contributed by atoms with Gasteiger partial charge in [0.05, 0.1) is 6.61 Å². The predicted molar refractivity (Wildman–Crippen MR) is 75.1 cm³/mol. The predicted octanol–water partition coefficient (Wildman–Crippen LogP) is 3.86. The van der Waals surface area contributed by atoms with E-state index in [1.807, 2.05) is 18.3 Å². The van der Waals surface area contributed by atoms with Crippen molar-refractivity contribution in [3.8, 4) is 5.75 Å². The summed E-state index contributed by atoms with van der Waals surface area (Å²) in [5.74, 6) is 1.76. The summed E-state index contributed by atoms with van der Waals surface area (Å²) in [6.07, 6.45) is 8.19. The van der Waals surface area contributed by atoms with Crippen LogP contribution in [0.4, 0.5) is 5.82 Å². The standard InChI is InChI=1S/C15H24N2O/c1-3-11-18-13-7-6-10-16-14(13)17-12-15(2)8-4-5-9-15/h6-7,10H,3-5,8-9,11-12H2,1-2H3,(H,16,17). The Labute approximate surface area is 110 Å². The average molecular weight is 248 g/mol. The Bertz CT molecular complexity index is 373. The molecule has 1 saturated carbocycles. The molecule has 0 atom stereocenters. The highest BCUT2D eigenvalue weighted by Gasteiger charge is 2.28. The molecular formula is C15H24N2O. The first kappa shape index (κ1) is 13.2. The molecule has 1 aliphatic carbocycles. The zero-order chi connectivity index (χ0) is 12.8. The van der Waals surface area contributed by atoms with Gasteiger partial charge in [0.1, 0.15) is 0 Å². The number of anilines is 1. The molecular weight excluding hydrogens is 224 g/mol. The molecule has 2 rings (SSSR count). The van der Waals surface area contributed by atoms with Gasteiger partial charge in [-0.1, -0.05) is 26.7 Å². The fraction of sp³-hybridized carbons (Fsp3) is 0.667. The third-order valence-electron chi connectivity index (χ3n) is 3.73. The van der Waals surface area contributed by atoms with Crippen LogP contribution in [0.15, 0.2) is 18.3 Å². The van der Waals surface area contributed by atoms with E-state index in [0.717, 1.165) is 31.1 Å². The lowest BCUT2D eigenvalue weighted by Gasteiger charge is -2.24. The lowest BCUT2D eigenvalue weighted by molar-refractivity contribution is 0.316. The topological polar surface area (TPSA) is 34.1 Å². The zero-order valence-electron chi connectivity index (χ0n) is 11.5. The minimum Gasteiger partial charge on any atom is -0.490 e. The van der Waals surface area contributed by atoms with Crippen molar-refractivity contribution in [2.45, 2.75) is 46.0 Å². The molecule has 3 nitrogen and oxygen atoms in total. The second-order valence-corrected chi connectivity index (χ2v) is 5.57. The number of aromatic nitrogens is 1. The summed E-state index contributed by atoms with van der Waals surface area (Å²) < 4.78 is 5.71. The summed E-state index contributed by atoms with van der Waals surface area (Å²) in [7, 11) is 0. The van der Waals surface area contributed by atoms with Crippen LogP contribution in [0.2, 0.25) is 0 Å². The number of pyridine rings is 1. The molecule has 1 fully saturated rings. The number of nitrogens with one attached hydrogen (secondary N) is 1. The Morgan fingerprint density at radius 3 is 2.89 bits per heavy atom. The van der Waals surface area contributed by atoms with Gasteiger partial charge in [-0.2, -0.15) is 0 Å². The fourth-order valence-electron chi connectivity index (χ4n) is 2.55. The van der Waals surface area contributed by atoms with E-state index in [-0.39, 0.29) is 0 Å². The van der Waals surface area contributed by atoms with E-state index in [9.17, 15) is 0 Å². The van der Waals surface area contributed by atoms with Crippen LogP contribution in [0.1, 0.15) is 46.0 Å². The SMILES string of the molecule is CCCOc1cccnc1NCC1(C)CCCC1. The van der Waals surface area contributed by atoms with E-state index in [0.29, 0.717) is 5.41 Å². The zero-order valence-corrected chi connectivity index (χ0v) is 11.5. The summed E-state index contributed by atoms with van der Waals surface area (Å²) in [6.45, 7) is 6.22. The van der Waals surface area contributed by atoms with Gasteiger partial charge in [0, 0.05) is 12.7 Å². The van der Waals surface area contributed by atoms with Crippen molar-refractivity contribution in [2.24, 2.45) is 5.41 Å². The number of rotatable bonds is 6. The van der Waals surface area contributed by atoms with E-state index < -0.39 is 0 Å². The highest BCUT2D eigenvalue weighted by atomic mass is 16.5. The third kappa shape index (κ3) is 3.37. The van der Waals surface area contributed by atoms with E-state index >= 15 is 0 Å². The van der Waals surface area contributed by atoms with Crippen LogP contribution in [-0.4, -0.2) is 18.1 Å². The Hall–Kier alpha value is -1.25. The molecule has 1 aromatic rings. The molecule has 0 aliphatic heterocycles. The second-order valence-electron chi connectivity index (χ2n) is 5.57. The smallest absolute Gasteiger partial charge is 0.168 e. The van der Waals surface area contributed by atoms with E-state index in [1.165, 1.54) is 25.7 Å². The van der Waals surface area contributed by atoms with Gasteiger partial charge in [0.25, 0.3) is 0 Å². The second kappa shape index (κ2) is 6.07. The van der Waals surface area contributed by atoms with Gasteiger partial charge in [-0.3, -0.25) is 0 Å². The summed E-state index contributed by atoms with van der Waals surface area (Å²) in [4.78, 5) is 4.39. The minimum absolute atomic E-state index is 0.430. The van der Waals surface area contributed by atoms with Crippen LogP contribution >= 0.6 is 0 Å². The van der Waals surface area contributed by atoms with Crippen molar-refractivity contribution in [2.75, 3.05) is 18.5 Å². The highest BCUT2D eigenvalue weighted by molar-refractivity contribution is 5.49. The van der Waals surface area contributed by atoms with Crippen molar-refractivity contribution >= 4 is 5.82 Å².